The zero-order chi connectivity index (χ0) is 14.9. The Bertz CT molecular complexity index is 604. The average Bonchev–Trinajstić information content (AvgIpc) is 2.95. The molecule has 1 amide bonds. The first-order valence-electron chi connectivity index (χ1n) is 5.91. The maximum atomic E-state index is 12.0. The van der Waals surface area contributed by atoms with Gasteiger partial charge in [-0.25, -0.2) is 0 Å². The van der Waals surface area contributed by atoms with Crippen LogP contribution in [-0.4, -0.2) is 32.5 Å². The van der Waals surface area contributed by atoms with Crippen LogP contribution in [-0.2, 0) is 11.8 Å². The number of aromatic nitrogens is 1. The monoisotopic (exact) mass is 279 g/mol. The third kappa shape index (κ3) is 2.68. The second-order valence-electron chi connectivity index (χ2n) is 4.60. The number of hydrogen-bond donors (Lipinski definition) is 2. The summed E-state index contributed by atoms with van der Waals surface area (Å²) in [6, 6.07) is 0.806. The maximum Gasteiger partial charge on any atom is 0.310 e. The third-order valence-corrected chi connectivity index (χ3v) is 3.15. The number of nitrogens with zero attached hydrogens (tertiary/aromatic N) is 2. The van der Waals surface area contributed by atoms with Crippen molar-refractivity contribution in [2.45, 2.75) is 12.5 Å². The molecule has 0 saturated carbocycles. The number of aliphatic carboxylic acids is 1. The Morgan fingerprint density at radius 2 is 2.20 bits per heavy atom. The van der Waals surface area contributed by atoms with Crippen molar-refractivity contribution in [1.29, 1.82) is 0 Å². The van der Waals surface area contributed by atoms with Crippen LogP contribution in [0.3, 0.4) is 0 Å². The number of aryl methyl sites for hydroxylation is 1. The number of carbonyl (C=O) groups is 2. The molecule has 2 rings (SSSR count). The van der Waals surface area contributed by atoms with Gasteiger partial charge in [0.1, 0.15) is 5.69 Å². The summed E-state index contributed by atoms with van der Waals surface area (Å²) in [6.07, 6.45) is 4.68. The van der Waals surface area contributed by atoms with E-state index in [1.165, 1.54) is 30.0 Å². The van der Waals surface area contributed by atoms with Gasteiger partial charge < -0.3 is 15.0 Å². The number of rotatable bonds is 4. The summed E-state index contributed by atoms with van der Waals surface area (Å²) in [5, 5.41) is 22.1. The largest absolute Gasteiger partial charge is 0.481 e. The van der Waals surface area contributed by atoms with Crippen LogP contribution in [0.15, 0.2) is 24.4 Å². The number of amides is 1. The van der Waals surface area contributed by atoms with E-state index in [1.54, 1.807) is 6.08 Å². The fourth-order valence-electron chi connectivity index (χ4n) is 2.10. The maximum absolute atomic E-state index is 12.0. The topological polar surface area (TPSA) is 114 Å². The lowest BCUT2D eigenvalue weighted by Crippen LogP contribution is -2.34. The molecular formula is C12H13N3O5. The summed E-state index contributed by atoms with van der Waals surface area (Å²) >= 11 is 0. The molecule has 1 aromatic heterocycles. The van der Waals surface area contributed by atoms with E-state index < -0.39 is 22.7 Å². The van der Waals surface area contributed by atoms with E-state index in [1.807, 2.05) is 0 Å². The van der Waals surface area contributed by atoms with E-state index in [9.17, 15) is 19.7 Å². The number of carboxylic acids is 1. The van der Waals surface area contributed by atoms with Gasteiger partial charge >= 0.3 is 5.97 Å². The highest BCUT2D eigenvalue weighted by Crippen LogP contribution is 2.19. The Morgan fingerprint density at radius 1 is 1.50 bits per heavy atom. The van der Waals surface area contributed by atoms with Crippen molar-refractivity contribution in [1.82, 2.24) is 9.88 Å². The Labute approximate surface area is 113 Å². The fourth-order valence-corrected chi connectivity index (χ4v) is 2.10. The first-order chi connectivity index (χ1) is 9.38. The molecule has 0 radical (unpaired) electrons. The molecule has 20 heavy (non-hydrogen) atoms. The summed E-state index contributed by atoms with van der Waals surface area (Å²) in [4.78, 5) is 32.8. The van der Waals surface area contributed by atoms with Gasteiger partial charge in [-0.1, -0.05) is 12.2 Å². The summed E-state index contributed by atoms with van der Waals surface area (Å²) in [7, 11) is 1.53. The van der Waals surface area contributed by atoms with Crippen LogP contribution in [0.5, 0.6) is 0 Å². The van der Waals surface area contributed by atoms with E-state index >= 15 is 0 Å². The number of nitro groups is 1. The smallest absolute Gasteiger partial charge is 0.310 e. The van der Waals surface area contributed by atoms with E-state index in [-0.39, 0.29) is 23.8 Å². The molecule has 0 fully saturated rings. The highest BCUT2D eigenvalue weighted by molar-refractivity contribution is 5.94. The Kier molecular flexibility index (Phi) is 3.55. The highest BCUT2D eigenvalue weighted by Gasteiger charge is 2.26. The normalized spacial score (nSPS) is 20.9. The molecule has 2 atom stereocenters. The average molecular weight is 279 g/mol. The number of hydrogen-bond acceptors (Lipinski definition) is 4. The predicted octanol–water partition coefficient (Wildman–Crippen LogP) is 0.692. The summed E-state index contributed by atoms with van der Waals surface area (Å²) in [5.74, 6) is -2.02. The number of nitrogens with one attached hydrogen (secondary N) is 1. The molecule has 0 spiro atoms. The minimum atomic E-state index is -0.937. The SMILES string of the molecule is Cn1cc([N+](=O)[O-])cc1C(=O)NC1C=CC(C(=O)O)C1. The summed E-state index contributed by atoms with van der Waals surface area (Å²) in [6.45, 7) is 0. The van der Waals surface area contributed by atoms with Gasteiger partial charge in [-0.15, -0.1) is 0 Å². The van der Waals surface area contributed by atoms with Crippen molar-refractivity contribution < 1.29 is 19.6 Å². The van der Waals surface area contributed by atoms with Crippen LogP contribution < -0.4 is 5.32 Å². The minimum Gasteiger partial charge on any atom is -0.481 e. The number of carboxylic acid groups (broad SMARTS) is 1. The van der Waals surface area contributed by atoms with Crippen molar-refractivity contribution in [3.05, 3.63) is 40.2 Å². The molecule has 8 nitrogen and oxygen atoms in total. The van der Waals surface area contributed by atoms with Gasteiger partial charge in [0.05, 0.1) is 17.0 Å². The molecule has 2 unspecified atom stereocenters. The van der Waals surface area contributed by atoms with Crippen LogP contribution in [0.4, 0.5) is 5.69 Å². The van der Waals surface area contributed by atoms with Crippen molar-refractivity contribution >= 4 is 17.6 Å². The molecule has 0 bridgehead atoms. The lowest BCUT2D eigenvalue weighted by molar-refractivity contribution is -0.384. The molecule has 1 heterocycles. The summed E-state index contributed by atoms with van der Waals surface area (Å²) in [5.41, 5.74) is -0.00750. The predicted molar refractivity (Wildman–Crippen MR) is 68.2 cm³/mol. The molecule has 0 aromatic carbocycles. The molecular weight excluding hydrogens is 266 g/mol. The minimum absolute atomic E-state index is 0.156. The van der Waals surface area contributed by atoms with Gasteiger partial charge in [0, 0.05) is 19.2 Å². The Balaban J connectivity index is 2.05. The highest BCUT2D eigenvalue weighted by atomic mass is 16.6. The van der Waals surface area contributed by atoms with Crippen molar-refractivity contribution in [2.75, 3.05) is 0 Å². The van der Waals surface area contributed by atoms with E-state index in [0.717, 1.165) is 0 Å². The van der Waals surface area contributed by atoms with Crippen LogP contribution in [0.1, 0.15) is 16.9 Å². The standard InChI is InChI=1S/C12H13N3O5/c1-14-6-9(15(19)20)5-10(14)11(16)13-8-3-2-7(4-8)12(17)18/h2-3,5-8H,4H2,1H3,(H,13,16)(H,17,18). The molecule has 2 N–H and O–H groups in total. The first-order valence-corrected chi connectivity index (χ1v) is 5.91. The number of carbonyl (C=O) groups excluding carboxylic acids is 1. The van der Waals surface area contributed by atoms with Crippen LogP contribution in [0.25, 0.3) is 0 Å². The van der Waals surface area contributed by atoms with E-state index in [0.29, 0.717) is 0 Å². The second kappa shape index (κ2) is 5.16. The van der Waals surface area contributed by atoms with Crippen molar-refractivity contribution in [2.24, 2.45) is 13.0 Å². The van der Waals surface area contributed by atoms with Gasteiger partial charge in [0.25, 0.3) is 11.6 Å². The van der Waals surface area contributed by atoms with E-state index in [4.69, 9.17) is 5.11 Å². The Hall–Kier alpha value is -2.64. The van der Waals surface area contributed by atoms with Crippen LogP contribution >= 0.6 is 0 Å². The van der Waals surface area contributed by atoms with E-state index in [2.05, 4.69) is 5.32 Å². The molecule has 1 aliphatic carbocycles. The van der Waals surface area contributed by atoms with Gasteiger partial charge in [-0.3, -0.25) is 19.7 Å². The zero-order valence-corrected chi connectivity index (χ0v) is 10.6. The van der Waals surface area contributed by atoms with Crippen LogP contribution in [0.2, 0.25) is 0 Å². The first kappa shape index (κ1) is 13.8. The zero-order valence-electron chi connectivity index (χ0n) is 10.6. The third-order valence-electron chi connectivity index (χ3n) is 3.15. The molecule has 8 heteroatoms. The lowest BCUT2D eigenvalue weighted by atomic mass is 10.1. The van der Waals surface area contributed by atoms with Gasteiger partial charge in [0.15, 0.2) is 0 Å². The van der Waals surface area contributed by atoms with Gasteiger partial charge in [0.2, 0.25) is 0 Å². The Morgan fingerprint density at radius 3 is 2.70 bits per heavy atom. The molecule has 106 valence electrons. The van der Waals surface area contributed by atoms with Gasteiger partial charge in [-0.05, 0) is 6.42 Å². The lowest BCUT2D eigenvalue weighted by Gasteiger charge is -2.12. The van der Waals surface area contributed by atoms with Crippen molar-refractivity contribution in [3.63, 3.8) is 0 Å². The van der Waals surface area contributed by atoms with Crippen molar-refractivity contribution in [3.8, 4) is 0 Å². The quantitative estimate of drug-likeness (QED) is 0.478. The molecule has 0 saturated heterocycles. The fraction of sp³-hybridized carbons (Fsp3) is 0.333. The molecule has 1 aromatic rings. The summed E-state index contributed by atoms with van der Waals surface area (Å²) < 4.78 is 1.36. The molecule has 1 aliphatic rings. The van der Waals surface area contributed by atoms with Gasteiger partial charge in [-0.2, -0.15) is 0 Å². The second-order valence-corrected chi connectivity index (χ2v) is 4.60. The molecule has 0 aliphatic heterocycles. The van der Waals surface area contributed by atoms with Crippen LogP contribution in [0, 0.1) is 16.0 Å².